The Bertz CT molecular complexity index is 519. The molecule has 0 aliphatic carbocycles. The van der Waals surface area contributed by atoms with Gasteiger partial charge in [0.2, 0.25) is 5.88 Å². The normalized spacial score (nSPS) is 10.3. The monoisotopic (exact) mass is 313 g/mol. The average molecular weight is 315 g/mol. The van der Waals surface area contributed by atoms with Crippen LogP contribution in [-0.2, 0) is 6.54 Å². The Morgan fingerprint density at radius 2 is 2.06 bits per heavy atom. The zero-order valence-corrected chi connectivity index (χ0v) is 11.1. The molecule has 0 atom stereocenters. The van der Waals surface area contributed by atoms with Crippen LogP contribution in [0.1, 0.15) is 5.69 Å². The molecule has 4 nitrogen and oxygen atoms in total. The maximum Gasteiger partial charge on any atom is 0.238 e. The van der Waals surface area contributed by atoms with Crippen LogP contribution in [0.15, 0.2) is 34.8 Å². The second-order valence-electron chi connectivity index (χ2n) is 3.24. The number of rotatable bonds is 3. The summed E-state index contributed by atoms with van der Waals surface area (Å²) < 4.78 is 6.38. The summed E-state index contributed by atoms with van der Waals surface area (Å²) in [5.41, 5.74) is 6.13. The SMILES string of the molecule is NCc1ccc(Oc2ccc(Br)cc2Cl)nn1. The standard InChI is InChI=1S/C11H9BrClN3O/c12-7-1-3-10(9(13)5-7)17-11-4-2-8(6-14)15-16-11/h1-5H,6,14H2. The van der Waals surface area contributed by atoms with Crippen LogP contribution in [-0.4, -0.2) is 10.2 Å². The molecule has 0 saturated carbocycles. The van der Waals surface area contributed by atoms with Gasteiger partial charge in [-0.05, 0) is 24.3 Å². The smallest absolute Gasteiger partial charge is 0.238 e. The Balaban J connectivity index is 2.19. The van der Waals surface area contributed by atoms with Crippen LogP contribution in [0.2, 0.25) is 5.02 Å². The van der Waals surface area contributed by atoms with E-state index < -0.39 is 0 Å². The van der Waals surface area contributed by atoms with E-state index in [1.807, 2.05) is 6.07 Å². The maximum absolute atomic E-state index is 6.01. The van der Waals surface area contributed by atoms with Crippen LogP contribution in [0.4, 0.5) is 0 Å². The first kappa shape index (κ1) is 12.3. The Morgan fingerprint density at radius 3 is 2.65 bits per heavy atom. The third-order valence-electron chi connectivity index (χ3n) is 2.01. The molecule has 2 rings (SSSR count). The summed E-state index contributed by atoms with van der Waals surface area (Å²) in [4.78, 5) is 0. The van der Waals surface area contributed by atoms with Crippen LogP contribution in [0.25, 0.3) is 0 Å². The van der Waals surface area contributed by atoms with E-state index in [1.165, 1.54) is 0 Å². The number of aromatic nitrogens is 2. The van der Waals surface area contributed by atoms with Gasteiger partial charge in [0.05, 0.1) is 10.7 Å². The van der Waals surface area contributed by atoms with Gasteiger partial charge in [-0.15, -0.1) is 5.10 Å². The molecule has 1 aromatic heterocycles. The Morgan fingerprint density at radius 1 is 1.24 bits per heavy atom. The lowest BCUT2D eigenvalue weighted by Gasteiger charge is -2.06. The first-order valence-corrected chi connectivity index (χ1v) is 6.01. The van der Waals surface area contributed by atoms with E-state index in [2.05, 4.69) is 26.1 Å². The van der Waals surface area contributed by atoms with Crippen molar-refractivity contribution in [1.29, 1.82) is 0 Å². The maximum atomic E-state index is 6.01. The largest absolute Gasteiger partial charge is 0.436 e. The minimum atomic E-state index is 0.353. The summed E-state index contributed by atoms with van der Waals surface area (Å²) in [7, 11) is 0. The minimum absolute atomic E-state index is 0.353. The van der Waals surface area contributed by atoms with Gasteiger partial charge in [0.15, 0.2) is 0 Å². The highest BCUT2D eigenvalue weighted by Crippen LogP contribution is 2.30. The molecule has 1 aromatic carbocycles. The van der Waals surface area contributed by atoms with Gasteiger partial charge in [-0.25, -0.2) is 0 Å². The second-order valence-corrected chi connectivity index (χ2v) is 4.57. The minimum Gasteiger partial charge on any atom is -0.436 e. The summed E-state index contributed by atoms with van der Waals surface area (Å²) >= 11 is 9.33. The zero-order valence-electron chi connectivity index (χ0n) is 8.73. The first-order valence-electron chi connectivity index (χ1n) is 4.84. The van der Waals surface area contributed by atoms with Crippen molar-refractivity contribution < 1.29 is 4.74 Å². The van der Waals surface area contributed by atoms with E-state index in [-0.39, 0.29) is 0 Å². The second kappa shape index (κ2) is 5.44. The molecule has 2 N–H and O–H groups in total. The highest BCUT2D eigenvalue weighted by molar-refractivity contribution is 9.10. The number of hydrogen-bond acceptors (Lipinski definition) is 4. The number of nitrogens with zero attached hydrogens (tertiary/aromatic N) is 2. The number of nitrogens with two attached hydrogens (primary N) is 1. The van der Waals surface area contributed by atoms with Gasteiger partial charge >= 0.3 is 0 Å². The zero-order chi connectivity index (χ0) is 12.3. The summed E-state index contributed by atoms with van der Waals surface area (Å²) in [6, 6.07) is 8.80. The molecule has 1 heterocycles. The molecule has 0 unspecified atom stereocenters. The van der Waals surface area contributed by atoms with Crippen LogP contribution in [0.3, 0.4) is 0 Å². The third-order valence-corrected chi connectivity index (χ3v) is 2.80. The fourth-order valence-electron chi connectivity index (χ4n) is 1.18. The van der Waals surface area contributed by atoms with Crippen molar-refractivity contribution in [3.63, 3.8) is 0 Å². The van der Waals surface area contributed by atoms with Gasteiger partial charge in [0.1, 0.15) is 5.75 Å². The molecule has 0 amide bonds. The Hall–Kier alpha value is -1.17. The summed E-state index contributed by atoms with van der Waals surface area (Å²) in [6.07, 6.45) is 0. The molecule has 0 aliphatic heterocycles. The number of hydrogen-bond donors (Lipinski definition) is 1. The summed E-state index contributed by atoms with van der Waals surface area (Å²) in [5.74, 6) is 0.913. The molecular formula is C11H9BrClN3O. The molecule has 17 heavy (non-hydrogen) atoms. The molecule has 6 heteroatoms. The van der Waals surface area contributed by atoms with Gasteiger partial charge in [-0.2, -0.15) is 5.10 Å². The molecule has 0 radical (unpaired) electrons. The average Bonchev–Trinajstić information content (AvgIpc) is 2.34. The molecule has 2 aromatic rings. The lowest BCUT2D eigenvalue weighted by atomic mass is 10.3. The molecule has 0 saturated heterocycles. The predicted octanol–water partition coefficient (Wildman–Crippen LogP) is 3.14. The van der Waals surface area contributed by atoms with E-state index in [1.54, 1.807) is 24.3 Å². The van der Waals surface area contributed by atoms with Crippen molar-refractivity contribution in [2.75, 3.05) is 0 Å². The third kappa shape index (κ3) is 3.15. The van der Waals surface area contributed by atoms with E-state index in [0.717, 1.165) is 4.47 Å². The fraction of sp³-hybridized carbons (Fsp3) is 0.0909. The van der Waals surface area contributed by atoms with Gasteiger partial charge in [-0.3, -0.25) is 0 Å². The Kier molecular flexibility index (Phi) is 3.93. The molecular weight excluding hydrogens is 305 g/mol. The molecule has 0 bridgehead atoms. The Labute approximate surface area is 112 Å². The number of benzene rings is 1. The molecule has 0 spiro atoms. The van der Waals surface area contributed by atoms with Gasteiger partial charge in [0, 0.05) is 17.1 Å². The highest BCUT2D eigenvalue weighted by Gasteiger charge is 2.05. The summed E-state index contributed by atoms with van der Waals surface area (Å²) in [5, 5.41) is 8.28. The van der Waals surface area contributed by atoms with Crippen LogP contribution >= 0.6 is 27.5 Å². The van der Waals surface area contributed by atoms with E-state index in [4.69, 9.17) is 22.1 Å². The quantitative estimate of drug-likeness (QED) is 0.945. The lowest BCUT2D eigenvalue weighted by molar-refractivity contribution is 0.454. The van der Waals surface area contributed by atoms with Crippen molar-refractivity contribution >= 4 is 27.5 Å². The molecule has 0 fully saturated rings. The van der Waals surface area contributed by atoms with Gasteiger partial charge in [0.25, 0.3) is 0 Å². The van der Waals surface area contributed by atoms with Crippen LogP contribution < -0.4 is 10.5 Å². The predicted molar refractivity (Wildman–Crippen MR) is 69.1 cm³/mol. The summed E-state index contributed by atoms with van der Waals surface area (Å²) in [6.45, 7) is 0.353. The van der Waals surface area contributed by atoms with Crippen molar-refractivity contribution in [2.24, 2.45) is 5.73 Å². The first-order chi connectivity index (χ1) is 8.19. The van der Waals surface area contributed by atoms with Crippen molar-refractivity contribution in [1.82, 2.24) is 10.2 Å². The number of halogens is 2. The number of ether oxygens (including phenoxy) is 1. The van der Waals surface area contributed by atoms with Gasteiger partial charge < -0.3 is 10.5 Å². The van der Waals surface area contributed by atoms with Crippen molar-refractivity contribution in [3.8, 4) is 11.6 Å². The molecule has 0 aliphatic rings. The van der Waals surface area contributed by atoms with Gasteiger partial charge in [-0.1, -0.05) is 27.5 Å². The van der Waals surface area contributed by atoms with Crippen molar-refractivity contribution in [2.45, 2.75) is 6.54 Å². The fourth-order valence-corrected chi connectivity index (χ4v) is 1.89. The van der Waals surface area contributed by atoms with Crippen LogP contribution in [0, 0.1) is 0 Å². The van der Waals surface area contributed by atoms with Crippen molar-refractivity contribution in [3.05, 3.63) is 45.5 Å². The van der Waals surface area contributed by atoms with Crippen LogP contribution in [0.5, 0.6) is 11.6 Å². The van der Waals surface area contributed by atoms with E-state index in [0.29, 0.717) is 28.9 Å². The van der Waals surface area contributed by atoms with E-state index >= 15 is 0 Å². The molecule has 88 valence electrons. The lowest BCUT2D eigenvalue weighted by Crippen LogP contribution is -2.01. The highest BCUT2D eigenvalue weighted by atomic mass is 79.9. The topological polar surface area (TPSA) is 61.0 Å². The van der Waals surface area contributed by atoms with E-state index in [9.17, 15) is 0 Å².